The Labute approximate surface area is 128 Å². The quantitative estimate of drug-likeness (QED) is 0.874. The maximum Gasteiger partial charge on any atom is 0.133 e. The highest BCUT2D eigenvalue weighted by molar-refractivity contribution is 5.49. The summed E-state index contributed by atoms with van der Waals surface area (Å²) in [6.07, 6.45) is 4.50. The molecule has 0 aromatic carbocycles. The van der Waals surface area contributed by atoms with Gasteiger partial charge >= 0.3 is 0 Å². The van der Waals surface area contributed by atoms with Gasteiger partial charge in [-0.1, -0.05) is 19.9 Å². The maximum absolute atomic E-state index is 5.64. The highest BCUT2D eigenvalue weighted by atomic mass is 16.5. The van der Waals surface area contributed by atoms with Gasteiger partial charge in [-0.2, -0.15) is 0 Å². The molecule has 1 aliphatic heterocycles. The molecule has 1 aromatic rings. The van der Waals surface area contributed by atoms with Crippen LogP contribution >= 0.6 is 0 Å². The number of hydrogen-bond acceptors (Lipinski definition) is 4. The number of anilines is 1. The van der Waals surface area contributed by atoms with Crippen molar-refractivity contribution < 1.29 is 4.74 Å². The summed E-state index contributed by atoms with van der Waals surface area (Å²) in [5.74, 6) is 1.73. The molecule has 0 bridgehead atoms. The third-order valence-electron chi connectivity index (χ3n) is 4.48. The Hall–Kier alpha value is -1.13. The molecule has 1 fully saturated rings. The minimum atomic E-state index is 0.299. The van der Waals surface area contributed by atoms with E-state index in [2.05, 4.69) is 42.0 Å². The fraction of sp³-hybridized carbons (Fsp3) is 0.706. The third-order valence-corrected chi connectivity index (χ3v) is 4.48. The Morgan fingerprint density at radius 3 is 3.05 bits per heavy atom. The zero-order chi connectivity index (χ0) is 15.2. The molecule has 0 aliphatic carbocycles. The van der Waals surface area contributed by atoms with Gasteiger partial charge in [-0.25, -0.2) is 4.98 Å². The van der Waals surface area contributed by atoms with Gasteiger partial charge in [-0.15, -0.1) is 0 Å². The monoisotopic (exact) mass is 291 g/mol. The number of ether oxygens (including phenoxy) is 1. The van der Waals surface area contributed by atoms with Crippen LogP contribution in [-0.2, 0) is 4.74 Å². The topological polar surface area (TPSA) is 37.4 Å². The van der Waals surface area contributed by atoms with Crippen molar-refractivity contribution in [2.75, 3.05) is 31.6 Å². The molecule has 0 amide bonds. The first kappa shape index (κ1) is 16.2. The number of nitrogens with one attached hydrogen (secondary N) is 1. The van der Waals surface area contributed by atoms with Gasteiger partial charge in [-0.05, 0) is 38.3 Å². The van der Waals surface area contributed by atoms with Gasteiger partial charge in [0.25, 0.3) is 0 Å². The van der Waals surface area contributed by atoms with Gasteiger partial charge in [0.15, 0.2) is 0 Å². The maximum atomic E-state index is 5.64. The van der Waals surface area contributed by atoms with Gasteiger partial charge in [0, 0.05) is 38.0 Å². The van der Waals surface area contributed by atoms with Crippen molar-refractivity contribution in [3.05, 3.63) is 23.9 Å². The SMILES string of the molecule is CCCNC(C)c1cccnc1N1CCC(C)C(OC)C1. The molecule has 0 spiro atoms. The van der Waals surface area contributed by atoms with Gasteiger partial charge in [0.1, 0.15) is 5.82 Å². The molecule has 21 heavy (non-hydrogen) atoms. The fourth-order valence-corrected chi connectivity index (χ4v) is 3.02. The van der Waals surface area contributed by atoms with Crippen LogP contribution in [0.15, 0.2) is 18.3 Å². The lowest BCUT2D eigenvalue weighted by atomic mass is 9.95. The van der Waals surface area contributed by atoms with Crippen molar-refractivity contribution in [1.82, 2.24) is 10.3 Å². The fourth-order valence-electron chi connectivity index (χ4n) is 3.02. The first-order chi connectivity index (χ1) is 10.2. The van der Waals surface area contributed by atoms with E-state index >= 15 is 0 Å². The van der Waals surface area contributed by atoms with E-state index in [1.54, 1.807) is 0 Å². The van der Waals surface area contributed by atoms with Crippen LogP contribution in [0.1, 0.15) is 45.2 Å². The van der Waals surface area contributed by atoms with Crippen molar-refractivity contribution in [1.29, 1.82) is 0 Å². The lowest BCUT2D eigenvalue weighted by molar-refractivity contribution is 0.0496. The molecular weight excluding hydrogens is 262 g/mol. The molecule has 4 heteroatoms. The van der Waals surface area contributed by atoms with Crippen molar-refractivity contribution in [3.8, 4) is 0 Å². The molecule has 118 valence electrons. The molecule has 2 rings (SSSR count). The standard InChI is InChI=1S/C17H29N3O/c1-5-9-18-14(3)15-7-6-10-19-17(15)20-11-8-13(2)16(12-20)21-4/h6-7,10,13-14,16,18H,5,8-9,11-12H2,1-4H3. The van der Waals surface area contributed by atoms with E-state index in [1.165, 1.54) is 5.56 Å². The molecule has 1 saturated heterocycles. The summed E-state index contributed by atoms with van der Waals surface area (Å²) >= 11 is 0. The van der Waals surface area contributed by atoms with Gasteiger partial charge in [-0.3, -0.25) is 0 Å². The summed E-state index contributed by atoms with van der Waals surface area (Å²) in [4.78, 5) is 7.04. The number of aromatic nitrogens is 1. The molecular formula is C17H29N3O. The molecule has 1 aromatic heterocycles. The van der Waals surface area contributed by atoms with Crippen LogP contribution < -0.4 is 10.2 Å². The lowest BCUT2D eigenvalue weighted by Gasteiger charge is -2.38. The Balaban J connectivity index is 2.15. The van der Waals surface area contributed by atoms with E-state index in [0.717, 1.165) is 38.3 Å². The molecule has 4 nitrogen and oxygen atoms in total. The van der Waals surface area contributed by atoms with Crippen LogP contribution in [0.5, 0.6) is 0 Å². The third kappa shape index (κ3) is 3.95. The summed E-state index contributed by atoms with van der Waals surface area (Å²) < 4.78 is 5.64. The molecule has 1 N–H and O–H groups in total. The second-order valence-corrected chi connectivity index (χ2v) is 6.08. The van der Waals surface area contributed by atoms with E-state index in [1.807, 2.05) is 19.4 Å². The molecule has 2 heterocycles. The Bertz CT molecular complexity index is 438. The minimum absolute atomic E-state index is 0.299. The summed E-state index contributed by atoms with van der Waals surface area (Å²) in [5, 5.41) is 3.56. The molecule has 3 unspecified atom stereocenters. The number of pyridine rings is 1. The largest absolute Gasteiger partial charge is 0.379 e. The van der Waals surface area contributed by atoms with E-state index < -0.39 is 0 Å². The molecule has 0 radical (unpaired) electrons. The van der Waals surface area contributed by atoms with Crippen molar-refractivity contribution in [3.63, 3.8) is 0 Å². The van der Waals surface area contributed by atoms with Crippen molar-refractivity contribution in [2.45, 2.75) is 45.8 Å². The second-order valence-electron chi connectivity index (χ2n) is 6.08. The van der Waals surface area contributed by atoms with E-state index in [0.29, 0.717) is 18.1 Å². The number of piperidine rings is 1. The van der Waals surface area contributed by atoms with Gasteiger partial charge in [0.05, 0.1) is 6.10 Å². The number of nitrogens with zero attached hydrogens (tertiary/aromatic N) is 2. The predicted octanol–water partition coefficient (Wildman–Crippen LogP) is 3.00. The average Bonchev–Trinajstić information content (AvgIpc) is 2.53. The number of rotatable bonds is 6. The predicted molar refractivity (Wildman–Crippen MR) is 87.7 cm³/mol. The highest BCUT2D eigenvalue weighted by Gasteiger charge is 2.28. The van der Waals surface area contributed by atoms with E-state index in [4.69, 9.17) is 4.74 Å². The van der Waals surface area contributed by atoms with Gasteiger partial charge < -0.3 is 15.0 Å². The summed E-state index contributed by atoms with van der Waals surface area (Å²) in [6, 6.07) is 4.55. The number of methoxy groups -OCH3 is 1. The van der Waals surface area contributed by atoms with Crippen LogP contribution in [0.3, 0.4) is 0 Å². The van der Waals surface area contributed by atoms with Crippen LogP contribution in [0, 0.1) is 5.92 Å². The summed E-state index contributed by atoms with van der Waals surface area (Å²) in [7, 11) is 1.81. The Morgan fingerprint density at radius 2 is 2.33 bits per heavy atom. The van der Waals surface area contributed by atoms with Crippen LogP contribution in [0.4, 0.5) is 5.82 Å². The van der Waals surface area contributed by atoms with Crippen LogP contribution in [0.2, 0.25) is 0 Å². The summed E-state index contributed by atoms with van der Waals surface area (Å²) in [5.41, 5.74) is 1.29. The first-order valence-electron chi connectivity index (χ1n) is 8.13. The average molecular weight is 291 g/mol. The smallest absolute Gasteiger partial charge is 0.133 e. The minimum Gasteiger partial charge on any atom is -0.379 e. The normalized spacial score (nSPS) is 24.1. The van der Waals surface area contributed by atoms with Gasteiger partial charge in [0.2, 0.25) is 0 Å². The Kier molecular flexibility index (Phi) is 6.00. The zero-order valence-electron chi connectivity index (χ0n) is 13.8. The van der Waals surface area contributed by atoms with Crippen molar-refractivity contribution >= 4 is 5.82 Å². The highest BCUT2D eigenvalue weighted by Crippen LogP contribution is 2.28. The lowest BCUT2D eigenvalue weighted by Crippen LogP contribution is -2.44. The summed E-state index contributed by atoms with van der Waals surface area (Å²) in [6.45, 7) is 9.72. The Morgan fingerprint density at radius 1 is 1.52 bits per heavy atom. The number of hydrogen-bond donors (Lipinski definition) is 1. The molecule has 1 aliphatic rings. The first-order valence-corrected chi connectivity index (χ1v) is 8.13. The van der Waals surface area contributed by atoms with E-state index in [-0.39, 0.29) is 0 Å². The van der Waals surface area contributed by atoms with E-state index in [9.17, 15) is 0 Å². The second kappa shape index (κ2) is 7.76. The molecule has 0 saturated carbocycles. The molecule has 3 atom stereocenters. The zero-order valence-corrected chi connectivity index (χ0v) is 13.8. The van der Waals surface area contributed by atoms with Crippen LogP contribution in [0.25, 0.3) is 0 Å². The van der Waals surface area contributed by atoms with Crippen LogP contribution in [-0.4, -0.2) is 37.8 Å². The van der Waals surface area contributed by atoms with Crippen molar-refractivity contribution in [2.24, 2.45) is 5.92 Å².